The lowest BCUT2D eigenvalue weighted by Crippen LogP contribution is -1.95. The van der Waals surface area contributed by atoms with Gasteiger partial charge in [-0.25, -0.2) is 4.79 Å². The van der Waals surface area contributed by atoms with Crippen molar-refractivity contribution in [2.45, 2.75) is 13.3 Å². The van der Waals surface area contributed by atoms with Gasteiger partial charge in [0.2, 0.25) is 5.95 Å². The lowest BCUT2D eigenvalue weighted by Gasteiger charge is -2.17. The Morgan fingerprint density at radius 2 is 1.71 bits per heavy atom. The SMILES string of the molecule is CCC(=C(c1ccc(C=CC(=O)O)cc1)c1ccc2[nH]nc(F)c2c1)c1ccccc1. The van der Waals surface area contributed by atoms with E-state index in [0.29, 0.717) is 10.9 Å². The number of rotatable bonds is 6. The number of halogens is 1. The van der Waals surface area contributed by atoms with Crippen molar-refractivity contribution < 1.29 is 14.3 Å². The van der Waals surface area contributed by atoms with Gasteiger partial charge in [-0.2, -0.15) is 4.39 Å². The molecular weight excluding hydrogens is 391 g/mol. The fraction of sp³-hybridized carbons (Fsp3) is 0.0769. The molecule has 0 aliphatic carbocycles. The highest BCUT2D eigenvalue weighted by Crippen LogP contribution is 2.35. The Morgan fingerprint density at radius 3 is 2.39 bits per heavy atom. The van der Waals surface area contributed by atoms with Crippen LogP contribution in [0.3, 0.4) is 0 Å². The van der Waals surface area contributed by atoms with E-state index in [2.05, 4.69) is 29.3 Å². The molecule has 0 bridgehead atoms. The number of aromatic amines is 1. The second-order valence-corrected chi connectivity index (χ2v) is 7.14. The number of carboxylic acids is 1. The maximum atomic E-state index is 14.2. The molecule has 0 saturated carbocycles. The van der Waals surface area contributed by atoms with Crippen molar-refractivity contribution >= 4 is 34.1 Å². The number of H-pyrrole nitrogens is 1. The number of nitrogens with one attached hydrogen (secondary N) is 1. The molecule has 0 aliphatic rings. The number of aliphatic carboxylic acids is 1. The second-order valence-electron chi connectivity index (χ2n) is 7.14. The number of nitrogens with zero attached hydrogens (tertiary/aromatic N) is 1. The maximum absolute atomic E-state index is 14.2. The molecule has 0 amide bonds. The maximum Gasteiger partial charge on any atom is 0.328 e. The summed E-state index contributed by atoms with van der Waals surface area (Å²) in [5.74, 6) is -1.51. The van der Waals surface area contributed by atoms with Crippen molar-refractivity contribution in [3.8, 4) is 0 Å². The molecule has 4 aromatic rings. The van der Waals surface area contributed by atoms with Crippen molar-refractivity contribution in [2.75, 3.05) is 0 Å². The summed E-state index contributed by atoms with van der Waals surface area (Å²) in [6, 6.07) is 23.4. The van der Waals surface area contributed by atoms with Gasteiger partial charge in [0.05, 0.1) is 10.9 Å². The summed E-state index contributed by atoms with van der Waals surface area (Å²) >= 11 is 0. The van der Waals surface area contributed by atoms with Gasteiger partial charge in [-0.3, -0.25) is 5.10 Å². The van der Waals surface area contributed by atoms with E-state index in [9.17, 15) is 9.18 Å². The van der Waals surface area contributed by atoms with Gasteiger partial charge in [0, 0.05) is 6.08 Å². The van der Waals surface area contributed by atoms with Gasteiger partial charge in [0.25, 0.3) is 0 Å². The summed E-state index contributed by atoms with van der Waals surface area (Å²) in [5.41, 5.74) is 6.54. The Bertz CT molecular complexity index is 1290. The Labute approximate surface area is 179 Å². The predicted octanol–water partition coefficient (Wildman–Crippen LogP) is 6.17. The van der Waals surface area contributed by atoms with Crippen LogP contribution in [0.5, 0.6) is 0 Å². The number of hydrogen-bond acceptors (Lipinski definition) is 2. The van der Waals surface area contributed by atoms with Crippen LogP contribution in [-0.4, -0.2) is 21.3 Å². The summed E-state index contributed by atoms with van der Waals surface area (Å²) in [4.78, 5) is 10.8. The first-order valence-electron chi connectivity index (χ1n) is 10.0. The number of aromatic nitrogens is 2. The summed E-state index contributed by atoms with van der Waals surface area (Å²) in [6.45, 7) is 2.10. The van der Waals surface area contributed by atoms with Crippen molar-refractivity contribution in [2.24, 2.45) is 0 Å². The van der Waals surface area contributed by atoms with Crippen molar-refractivity contribution in [1.29, 1.82) is 0 Å². The Morgan fingerprint density at radius 1 is 1.00 bits per heavy atom. The third-order valence-corrected chi connectivity index (χ3v) is 5.20. The van der Waals surface area contributed by atoms with Crippen LogP contribution in [0, 0.1) is 5.95 Å². The first-order chi connectivity index (χ1) is 15.1. The second kappa shape index (κ2) is 8.79. The lowest BCUT2D eigenvalue weighted by molar-refractivity contribution is -0.131. The normalized spacial score (nSPS) is 12.3. The van der Waals surface area contributed by atoms with Gasteiger partial charge in [0.1, 0.15) is 0 Å². The van der Waals surface area contributed by atoms with E-state index in [1.807, 2.05) is 60.7 Å². The van der Waals surface area contributed by atoms with Crippen LogP contribution in [0.25, 0.3) is 28.1 Å². The van der Waals surface area contributed by atoms with E-state index in [0.717, 1.165) is 45.9 Å². The lowest BCUT2D eigenvalue weighted by atomic mass is 9.87. The smallest absolute Gasteiger partial charge is 0.328 e. The molecular formula is C26H21FN2O2. The van der Waals surface area contributed by atoms with E-state index in [1.54, 1.807) is 6.08 Å². The summed E-state index contributed by atoms with van der Waals surface area (Å²) in [6.07, 6.45) is 3.45. The molecule has 1 aromatic heterocycles. The summed E-state index contributed by atoms with van der Waals surface area (Å²) in [7, 11) is 0. The highest BCUT2D eigenvalue weighted by molar-refractivity contribution is 6.00. The van der Waals surface area contributed by atoms with Crippen LogP contribution in [0.2, 0.25) is 0 Å². The monoisotopic (exact) mass is 412 g/mol. The number of allylic oxidation sites excluding steroid dienone is 1. The van der Waals surface area contributed by atoms with Crippen LogP contribution >= 0.6 is 0 Å². The fourth-order valence-corrected chi connectivity index (χ4v) is 3.75. The minimum atomic E-state index is -0.988. The molecule has 31 heavy (non-hydrogen) atoms. The zero-order chi connectivity index (χ0) is 21.8. The molecule has 0 atom stereocenters. The minimum Gasteiger partial charge on any atom is -0.478 e. The zero-order valence-electron chi connectivity index (χ0n) is 17.0. The van der Waals surface area contributed by atoms with Crippen molar-refractivity contribution in [1.82, 2.24) is 10.2 Å². The third kappa shape index (κ3) is 4.31. The first-order valence-corrected chi connectivity index (χ1v) is 10.0. The number of hydrogen-bond donors (Lipinski definition) is 2. The van der Waals surface area contributed by atoms with Crippen molar-refractivity contribution in [3.63, 3.8) is 0 Å². The molecule has 0 saturated heterocycles. The Balaban J connectivity index is 1.91. The molecule has 4 rings (SSSR count). The van der Waals surface area contributed by atoms with Crippen LogP contribution in [0.1, 0.15) is 35.6 Å². The molecule has 4 nitrogen and oxygen atoms in total. The average Bonchev–Trinajstić information content (AvgIpc) is 3.17. The molecule has 2 N–H and O–H groups in total. The van der Waals surface area contributed by atoms with E-state index < -0.39 is 11.9 Å². The Hall–Kier alpha value is -3.99. The van der Waals surface area contributed by atoms with E-state index in [4.69, 9.17) is 5.11 Å². The molecule has 1 heterocycles. The molecule has 5 heteroatoms. The molecule has 0 aliphatic heterocycles. The summed E-state index contributed by atoms with van der Waals surface area (Å²) < 4.78 is 14.2. The Kier molecular flexibility index (Phi) is 5.76. The van der Waals surface area contributed by atoms with Crippen LogP contribution in [0.15, 0.2) is 78.9 Å². The van der Waals surface area contributed by atoms with Gasteiger partial charge >= 0.3 is 5.97 Å². The van der Waals surface area contributed by atoms with Crippen LogP contribution < -0.4 is 0 Å². The molecule has 154 valence electrons. The summed E-state index contributed by atoms with van der Waals surface area (Å²) in [5, 5.41) is 15.7. The highest BCUT2D eigenvalue weighted by Gasteiger charge is 2.15. The third-order valence-electron chi connectivity index (χ3n) is 5.20. The first kappa shape index (κ1) is 20.3. The molecule has 0 radical (unpaired) electrons. The van der Waals surface area contributed by atoms with E-state index in [1.165, 1.54) is 0 Å². The van der Waals surface area contributed by atoms with E-state index >= 15 is 0 Å². The molecule has 0 fully saturated rings. The van der Waals surface area contributed by atoms with Crippen LogP contribution in [0.4, 0.5) is 4.39 Å². The molecule has 0 unspecified atom stereocenters. The number of carboxylic acid groups (broad SMARTS) is 1. The largest absolute Gasteiger partial charge is 0.478 e. The number of fused-ring (bicyclic) bond motifs is 1. The fourth-order valence-electron chi connectivity index (χ4n) is 3.75. The molecule has 0 spiro atoms. The minimum absolute atomic E-state index is 0.444. The van der Waals surface area contributed by atoms with Gasteiger partial charge in [0.15, 0.2) is 0 Å². The van der Waals surface area contributed by atoms with Crippen LogP contribution in [-0.2, 0) is 4.79 Å². The highest BCUT2D eigenvalue weighted by atomic mass is 19.1. The van der Waals surface area contributed by atoms with Gasteiger partial charge < -0.3 is 5.11 Å². The standard InChI is InChI=1S/C26H21FN2O2/c1-2-21(18-6-4-3-5-7-18)25(19-11-8-17(9-12-19)10-15-24(30)31)20-13-14-23-22(16-20)26(27)29-28-23/h3-16H,2H2,1H3,(H,28,29)(H,30,31). The predicted molar refractivity (Wildman–Crippen MR) is 122 cm³/mol. The zero-order valence-corrected chi connectivity index (χ0v) is 17.0. The van der Waals surface area contributed by atoms with E-state index in [-0.39, 0.29) is 0 Å². The topological polar surface area (TPSA) is 66.0 Å². The van der Waals surface area contributed by atoms with Gasteiger partial charge in [-0.15, -0.1) is 5.10 Å². The molecule has 3 aromatic carbocycles. The number of benzene rings is 3. The quantitative estimate of drug-likeness (QED) is 0.294. The number of carbonyl (C=O) groups is 1. The van der Waals surface area contributed by atoms with Gasteiger partial charge in [-0.1, -0.05) is 67.6 Å². The van der Waals surface area contributed by atoms with Crippen molar-refractivity contribution in [3.05, 3.63) is 107 Å². The average molecular weight is 412 g/mol. The van der Waals surface area contributed by atoms with Gasteiger partial charge in [-0.05, 0) is 58.0 Å².